The van der Waals surface area contributed by atoms with Crippen molar-refractivity contribution in [2.24, 2.45) is 0 Å². The van der Waals surface area contributed by atoms with E-state index in [1.165, 1.54) is 0 Å². The number of alkyl halides is 1. The molecule has 1 heterocycles. The van der Waals surface area contributed by atoms with Gasteiger partial charge in [-0.15, -0.1) is 11.6 Å². The minimum atomic E-state index is 0.209. The van der Waals surface area contributed by atoms with Crippen LogP contribution in [-0.4, -0.2) is 21.7 Å². The molecule has 0 aliphatic rings. The van der Waals surface area contributed by atoms with Gasteiger partial charge in [-0.25, -0.2) is 0 Å². The minimum absolute atomic E-state index is 0.209. The zero-order chi connectivity index (χ0) is 12.1. The van der Waals surface area contributed by atoms with Crippen molar-refractivity contribution < 1.29 is 0 Å². The number of hydrogen-bond donors (Lipinski definition) is 1. The molecule has 16 heavy (non-hydrogen) atoms. The third-order valence-corrected chi connectivity index (χ3v) is 3.17. The normalized spacial score (nSPS) is 13.1. The number of nitrogens with zero attached hydrogens (tertiary/aromatic N) is 2. The minimum Gasteiger partial charge on any atom is -0.311 e. The summed E-state index contributed by atoms with van der Waals surface area (Å²) in [6.07, 6.45) is 0.957. The smallest absolute Gasteiger partial charge is 0.0860 e. The first kappa shape index (κ1) is 13.8. The summed E-state index contributed by atoms with van der Waals surface area (Å²) in [5, 5.41) is 8.67. The zero-order valence-corrected chi connectivity index (χ0v) is 11.6. The molecule has 0 fully saturated rings. The van der Waals surface area contributed by atoms with Gasteiger partial charge in [-0.1, -0.05) is 11.6 Å². The molecule has 0 amide bonds. The predicted molar refractivity (Wildman–Crippen MR) is 69.3 cm³/mol. The summed E-state index contributed by atoms with van der Waals surface area (Å²) in [5.41, 5.74) is 1.95. The maximum atomic E-state index is 6.18. The van der Waals surface area contributed by atoms with Crippen LogP contribution in [0.1, 0.15) is 31.7 Å². The molecule has 0 radical (unpaired) electrons. The Balaban J connectivity index is 2.52. The first-order valence-corrected chi connectivity index (χ1v) is 6.44. The molecule has 0 aliphatic carbocycles. The van der Waals surface area contributed by atoms with E-state index in [2.05, 4.69) is 17.3 Å². The predicted octanol–water partition coefficient (Wildman–Crippen LogP) is 2.97. The van der Waals surface area contributed by atoms with Crippen molar-refractivity contribution in [1.82, 2.24) is 15.1 Å². The van der Waals surface area contributed by atoms with Crippen molar-refractivity contribution in [3.05, 3.63) is 16.4 Å². The number of halogens is 2. The molecular weight excluding hydrogens is 245 g/mol. The van der Waals surface area contributed by atoms with Gasteiger partial charge >= 0.3 is 0 Å². The molecule has 0 bridgehead atoms. The Morgan fingerprint density at radius 1 is 1.50 bits per heavy atom. The van der Waals surface area contributed by atoms with Gasteiger partial charge in [0.15, 0.2) is 0 Å². The van der Waals surface area contributed by atoms with Gasteiger partial charge in [0.2, 0.25) is 0 Å². The highest BCUT2D eigenvalue weighted by atomic mass is 35.5. The average molecular weight is 264 g/mol. The van der Waals surface area contributed by atoms with Crippen LogP contribution in [0.5, 0.6) is 0 Å². The third-order valence-electron chi connectivity index (χ3n) is 2.46. The molecule has 1 atom stereocenters. The van der Waals surface area contributed by atoms with Crippen LogP contribution in [0.2, 0.25) is 5.02 Å². The highest BCUT2D eigenvalue weighted by molar-refractivity contribution is 6.31. The van der Waals surface area contributed by atoms with E-state index in [0.717, 1.165) is 42.5 Å². The fraction of sp³-hybridized carbons (Fsp3) is 0.727. The molecule has 92 valence electrons. The maximum Gasteiger partial charge on any atom is 0.0860 e. The van der Waals surface area contributed by atoms with E-state index in [1.54, 1.807) is 0 Å². The molecule has 0 aromatic carbocycles. The standard InChI is InChI=1S/C11H19Cl2N3/c1-4-16-10(11(13)9(3)15-16)7-14-6-5-8(2)12/h8,14H,4-7H2,1-3H3. The van der Waals surface area contributed by atoms with E-state index in [-0.39, 0.29) is 5.38 Å². The Morgan fingerprint density at radius 3 is 2.75 bits per heavy atom. The quantitative estimate of drug-likeness (QED) is 0.632. The third kappa shape index (κ3) is 3.65. The van der Waals surface area contributed by atoms with Crippen LogP contribution in [0.15, 0.2) is 0 Å². The first-order chi connectivity index (χ1) is 7.56. The number of aromatic nitrogens is 2. The lowest BCUT2D eigenvalue weighted by Gasteiger charge is -2.08. The molecule has 1 N–H and O–H groups in total. The highest BCUT2D eigenvalue weighted by Crippen LogP contribution is 2.19. The van der Waals surface area contributed by atoms with E-state index in [4.69, 9.17) is 23.2 Å². The molecule has 0 saturated carbocycles. The van der Waals surface area contributed by atoms with Gasteiger partial charge in [0.1, 0.15) is 0 Å². The van der Waals surface area contributed by atoms with Crippen LogP contribution >= 0.6 is 23.2 Å². The van der Waals surface area contributed by atoms with E-state index < -0.39 is 0 Å². The average Bonchev–Trinajstić information content (AvgIpc) is 2.50. The number of aryl methyl sites for hydroxylation is 2. The number of hydrogen-bond acceptors (Lipinski definition) is 2. The van der Waals surface area contributed by atoms with Gasteiger partial charge in [-0.2, -0.15) is 5.10 Å². The van der Waals surface area contributed by atoms with Crippen LogP contribution < -0.4 is 5.32 Å². The number of nitrogens with one attached hydrogen (secondary N) is 1. The summed E-state index contributed by atoms with van der Waals surface area (Å²) in [6, 6.07) is 0. The van der Waals surface area contributed by atoms with Crippen molar-refractivity contribution in [1.29, 1.82) is 0 Å². The first-order valence-electron chi connectivity index (χ1n) is 5.62. The number of rotatable bonds is 6. The van der Waals surface area contributed by atoms with Crippen molar-refractivity contribution in [2.75, 3.05) is 6.54 Å². The molecule has 0 aliphatic heterocycles. The largest absolute Gasteiger partial charge is 0.311 e. The summed E-state index contributed by atoms with van der Waals surface area (Å²) in [6.45, 7) is 8.48. The molecule has 1 aromatic heterocycles. The molecule has 0 spiro atoms. The van der Waals surface area contributed by atoms with E-state index in [1.807, 2.05) is 18.5 Å². The van der Waals surface area contributed by atoms with Crippen molar-refractivity contribution in [2.45, 2.75) is 45.7 Å². The Labute approximate surface area is 107 Å². The monoisotopic (exact) mass is 263 g/mol. The van der Waals surface area contributed by atoms with Crippen LogP contribution in [0.4, 0.5) is 0 Å². The topological polar surface area (TPSA) is 29.9 Å². The van der Waals surface area contributed by atoms with Gasteiger partial charge < -0.3 is 5.32 Å². The van der Waals surface area contributed by atoms with Crippen LogP contribution in [0.3, 0.4) is 0 Å². The van der Waals surface area contributed by atoms with Crippen molar-refractivity contribution in [3.8, 4) is 0 Å². The SMILES string of the molecule is CCn1nc(C)c(Cl)c1CNCCC(C)Cl. The summed E-state index contributed by atoms with van der Waals surface area (Å²) >= 11 is 12.1. The summed E-state index contributed by atoms with van der Waals surface area (Å²) in [7, 11) is 0. The van der Waals surface area contributed by atoms with Gasteiger partial charge in [0.25, 0.3) is 0 Å². The maximum absolute atomic E-state index is 6.18. The fourth-order valence-electron chi connectivity index (χ4n) is 1.55. The highest BCUT2D eigenvalue weighted by Gasteiger charge is 2.11. The molecule has 1 rings (SSSR count). The van der Waals surface area contributed by atoms with E-state index in [0.29, 0.717) is 0 Å². The van der Waals surface area contributed by atoms with Gasteiger partial charge in [0.05, 0.1) is 16.4 Å². The Hall–Kier alpha value is -0.250. The molecular formula is C11H19Cl2N3. The Kier molecular flexibility index (Phi) is 5.59. The Morgan fingerprint density at radius 2 is 2.19 bits per heavy atom. The van der Waals surface area contributed by atoms with Crippen LogP contribution in [0, 0.1) is 6.92 Å². The second-order valence-corrected chi connectivity index (χ2v) is 5.03. The van der Waals surface area contributed by atoms with Gasteiger partial charge in [0, 0.05) is 18.5 Å². The van der Waals surface area contributed by atoms with Gasteiger partial charge in [-0.3, -0.25) is 4.68 Å². The lowest BCUT2D eigenvalue weighted by atomic mass is 10.3. The van der Waals surface area contributed by atoms with Crippen molar-refractivity contribution >= 4 is 23.2 Å². The summed E-state index contributed by atoms with van der Waals surface area (Å²) in [4.78, 5) is 0. The lowest BCUT2D eigenvalue weighted by Crippen LogP contribution is -2.19. The van der Waals surface area contributed by atoms with E-state index >= 15 is 0 Å². The lowest BCUT2D eigenvalue weighted by molar-refractivity contribution is 0.570. The van der Waals surface area contributed by atoms with Crippen LogP contribution in [-0.2, 0) is 13.1 Å². The molecule has 5 heteroatoms. The van der Waals surface area contributed by atoms with Crippen molar-refractivity contribution in [3.63, 3.8) is 0 Å². The molecule has 1 unspecified atom stereocenters. The summed E-state index contributed by atoms with van der Waals surface area (Å²) < 4.78 is 1.94. The summed E-state index contributed by atoms with van der Waals surface area (Å²) in [5.74, 6) is 0. The van der Waals surface area contributed by atoms with E-state index in [9.17, 15) is 0 Å². The second kappa shape index (κ2) is 6.48. The van der Waals surface area contributed by atoms with Gasteiger partial charge in [-0.05, 0) is 33.7 Å². The second-order valence-electron chi connectivity index (χ2n) is 3.91. The molecule has 0 saturated heterocycles. The zero-order valence-electron chi connectivity index (χ0n) is 10.1. The fourth-order valence-corrected chi connectivity index (χ4v) is 1.86. The Bertz CT molecular complexity index is 334. The molecule has 3 nitrogen and oxygen atoms in total. The van der Waals surface area contributed by atoms with Crippen LogP contribution in [0.25, 0.3) is 0 Å². The molecule has 1 aromatic rings.